The molecule has 2 heterocycles. The Hall–Kier alpha value is -3.12. The van der Waals surface area contributed by atoms with Crippen LogP contribution in [0.4, 0.5) is 0 Å². The summed E-state index contributed by atoms with van der Waals surface area (Å²) < 4.78 is 1.61. The SMILES string of the molecule is C[C@H](NC(=O)c1cc2n(n1)CCN(Cc1cccc(Cl)c1)C2=O)c1ccccc1. The summed E-state index contributed by atoms with van der Waals surface area (Å²) in [6.45, 7) is 3.46. The van der Waals surface area contributed by atoms with Crippen LogP contribution in [0, 0.1) is 0 Å². The minimum absolute atomic E-state index is 0.140. The Labute approximate surface area is 174 Å². The number of halogens is 1. The molecule has 1 N–H and O–H groups in total. The summed E-state index contributed by atoms with van der Waals surface area (Å²) in [7, 11) is 0. The van der Waals surface area contributed by atoms with Crippen molar-refractivity contribution in [1.82, 2.24) is 20.0 Å². The molecule has 1 atom stereocenters. The standard InChI is InChI=1S/C22H21ClN4O2/c1-15(17-7-3-2-4-8-17)24-21(28)19-13-20-22(29)26(10-11-27(20)25-19)14-16-6-5-9-18(23)12-16/h2-9,12-13,15H,10-11,14H2,1H3,(H,24,28)/t15-/m0/s1. The largest absolute Gasteiger partial charge is 0.344 e. The molecular formula is C22H21ClN4O2. The Morgan fingerprint density at radius 1 is 1.14 bits per heavy atom. The third-order valence-electron chi connectivity index (χ3n) is 5.01. The van der Waals surface area contributed by atoms with Gasteiger partial charge in [-0.2, -0.15) is 5.10 Å². The van der Waals surface area contributed by atoms with Gasteiger partial charge in [-0.25, -0.2) is 0 Å². The third-order valence-corrected chi connectivity index (χ3v) is 5.25. The topological polar surface area (TPSA) is 67.2 Å². The lowest BCUT2D eigenvalue weighted by molar-refractivity contribution is 0.0683. The van der Waals surface area contributed by atoms with Crippen molar-refractivity contribution in [2.45, 2.75) is 26.1 Å². The van der Waals surface area contributed by atoms with Crippen LogP contribution in [0.2, 0.25) is 5.02 Å². The van der Waals surface area contributed by atoms with Crippen LogP contribution in [0.5, 0.6) is 0 Å². The number of hydrogen-bond donors (Lipinski definition) is 1. The van der Waals surface area contributed by atoms with Crippen molar-refractivity contribution >= 4 is 23.4 Å². The van der Waals surface area contributed by atoms with Crippen molar-refractivity contribution in [3.8, 4) is 0 Å². The first-order valence-corrected chi connectivity index (χ1v) is 9.86. The van der Waals surface area contributed by atoms with Crippen molar-refractivity contribution in [3.63, 3.8) is 0 Å². The average Bonchev–Trinajstić information content (AvgIpc) is 3.16. The van der Waals surface area contributed by atoms with E-state index in [9.17, 15) is 9.59 Å². The Balaban J connectivity index is 1.47. The number of carbonyl (C=O) groups excluding carboxylic acids is 2. The van der Waals surface area contributed by atoms with E-state index < -0.39 is 0 Å². The predicted octanol–water partition coefficient (Wildman–Crippen LogP) is 3.68. The summed E-state index contributed by atoms with van der Waals surface area (Å²) in [4.78, 5) is 27.3. The summed E-state index contributed by atoms with van der Waals surface area (Å²) in [5.74, 6) is -0.434. The molecule has 1 aliphatic heterocycles. The molecule has 0 radical (unpaired) electrons. The number of carbonyl (C=O) groups is 2. The Bertz CT molecular complexity index is 1050. The predicted molar refractivity (Wildman–Crippen MR) is 111 cm³/mol. The second-order valence-electron chi connectivity index (χ2n) is 7.10. The smallest absolute Gasteiger partial charge is 0.272 e. The summed E-state index contributed by atoms with van der Waals surface area (Å²) in [5, 5.41) is 7.92. The lowest BCUT2D eigenvalue weighted by Crippen LogP contribution is -2.39. The zero-order valence-corrected chi connectivity index (χ0v) is 16.8. The number of hydrogen-bond acceptors (Lipinski definition) is 3. The monoisotopic (exact) mass is 408 g/mol. The highest BCUT2D eigenvalue weighted by Gasteiger charge is 2.28. The van der Waals surface area contributed by atoms with E-state index in [-0.39, 0.29) is 23.6 Å². The van der Waals surface area contributed by atoms with E-state index in [1.54, 1.807) is 21.7 Å². The molecule has 7 heteroatoms. The maximum atomic E-state index is 12.9. The van der Waals surface area contributed by atoms with Gasteiger partial charge in [0.05, 0.1) is 12.6 Å². The van der Waals surface area contributed by atoms with E-state index in [1.165, 1.54) is 0 Å². The van der Waals surface area contributed by atoms with E-state index in [4.69, 9.17) is 11.6 Å². The highest BCUT2D eigenvalue weighted by atomic mass is 35.5. The lowest BCUT2D eigenvalue weighted by Gasteiger charge is -2.27. The van der Waals surface area contributed by atoms with Gasteiger partial charge in [0.15, 0.2) is 5.69 Å². The average molecular weight is 409 g/mol. The van der Waals surface area contributed by atoms with E-state index in [2.05, 4.69) is 10.4 Å². The van der Waals surface area contributed by atoms with Crippen molar-refractivity contribution in [2.24, 2.45) is 0 Å². The number of nitrogens with one attached hydrogen (secondary N) is 1. The van der Waals surface area contributed by atoms with Crippen LogP contribution in [0.15, 0.2) is 60.7 Å². The van der Waals surface area contributed by atoms with Gasteiger partial charge in [0, 0.05) is 24.2 Å². The molecule has 0 aliphatic carbocycles. The Morgan fingerprint density at radius 2 is 1.93 bits per heavy atom. The number of benzene rings is 2. The van der Waals surface area contributed by atoms with Gasteiger partial charge in [-0.05, 0) is 30.2 Å². The minimum atomic E-state index is -0.294. The molecule has 1 aliphatic rings. The molecule has 0 fully saturated rings. The number of fused-ring (bicyclic) bond motifs is 1. The highest BCUT2D eigenvalue weighted by molar-refractivity contribution is 6.30. The molecule has 3 aromatic rings. The van der Waals surface area contributed by atoms with Crippen molar-refractivity contribution < 1.29 is 9.59 Å². The summed E-state index contributed by atoms with van der Waals surface area (Å²) in [6.07, 6.45) is 0. The normalized spacial score (nSPS) is 14.4. The first-order valence-electron chi connectivity index (χ1n) is 9.48. The van der Waals surface area contributed by atoms with Crippen LogP contribution in [0.25, 0.3) is 0 Å². The van der Waals surface area contributed by atoms with Gasteiger partial charge in [-0.15, -0.1) is 0 Å². The van der Waals surface area contributed by atoms with Crippen LogP contribution >= 0.6 is 11.6 Å². The van der Waals surface area contributed by atoms with E-state index in [0.717, 1.165) is 11.1 Å². The Morgan fingerprint density at radius 3 is 2.69 bits per heavy atom. The molecule has 29 heavy (non-hydrogen) atoms. The zero-order valence-electron chi connectivity index (χ0n) is 16.0. The molecular weight excluding hydrogens is 388 g/mol. The molecule has 1 aromatic heterocycles. The molecule has 0 saturated heterocycles. The summed E-state index contributed by atoms with van der Waals surface area (Å²) in [6, 6.07) is 18.6. The van der Waals surface area contributed by atoms with Crippen LogP contribution in [0.1, 0.15) is 45.1 Å². The van der Waals surface area contributed by atoms with Gasteiger partial charge in [-0.3, -0.25) is 14.3 Å². The minimum Gasteiger partial charge on any atom is -0.344 e. The fourth-order valence-corrected chi connectivity index (χ4v) is 3.66. The van der Waals surface area contributed by atoms with Gasteiger partial charge in [0.1, 0.15) is 5.69 Å². The second kappa shape index (κ2) is 8.09. The van der Waals surface area contributed by atoms with Crippen LogP contribution in [0.3, 0.4) is 0 Å². The first-order chi connectivity index (χ1) is 14.0. The molecule has 148 valence electrons. The molecule has 0 bridgehead atoms. The zero-order chi connectivity index (χ0) is 20.4. The fraction of sp³-hybridized carbons (Fsp3) is 0.227. The molecule has 0 unspecified atom stereocenters. The van der Waals surface area contributed by atoms with E-state index in [1.807, 2.05) is 55.5 Å². The van der Waals surface area contributed by atoms with Gasteiger partial charge in [0.25, 0.3) is 11.8 Å². The van der Waals surface area contributed by atoms with Crippen molar-refractivity contribution in [1.29, 1.82) is 0 Å². The summed E-state index contributed by atoms with van der Waals surface area (Å²) >= 11 is 6.04. The molecule has 0 saturated carbocycles. The first kappa shape index (κ1) is 19.2. The molecule has 0 spiro atoms. The Kier molecular flexibility index (Phi) is 5.36. The van der Waals surface area contributed by atoms with Crippen molar-refractivity contribution in [2.75, 3.05) is 6.54 Å². The maximum Gasteiger partial charge on any atom is 0.272 e. The summed E-state index contributed by atoms with van der Waals surface area (Å²) in [5.41, 5.74) is 2.65. The van der Waals surface area contributed by atoms with E-state index in [0.29, 0.717) is 30.4 Å². The van der Waals surface area contributed by atoms with Gasteiger partial charge < -0.3 is 10.2 Å². The number of rotatable bonds is 5. The van der Waals surface area contributed by atoms with Gasteiger partial charge in [-0.1, -0.05) is 54.1 Å². The van der Waals surface area contributed by atoms with Crippen LogP contribution in [-0.2, 0) is 13.1 Å². The highest BCUT2D eigenvalue weighted by Crippen LogP contribution is 2.19. The van der Waals surface area contributed by atoms with Crippen LogP contribution in [-0.4, -0.2) is 33.0 Å². The maximum absolute atomic E-state index is 12.9. The lowest BCUT2D eigenvalue weighted by atomic mass is 10.1. The van der Waals surface area contributed by atoms with Crippen LogP contribution < -0.4 is 5.32 Å². The van der Waals surface area contributed by atoms with Gasteiger partial charge >= 0.3 is 0 Å². The second-order valence-corrected chi connectivity index (χ2v) is 7.54. The molecule has 2 aromatic carbocycles. The molecule has 6 nitrogen and oxygen atoms in total. The molecule has 2 amide bonds. The van der Waals surface area contributed by atoms with Crippen molar-refractivity contribution in [3.05, 3.63) is 88.2 Å². The third kappa shape index (κ3) is 4.17. The van der Waals surface area contributed by atoms with Gasteiger partial charge in [0.2, 0.25) is 0 Å². The molecule has 4 rings (SSSR count). The quantitative estimate of drug-likeness (QED) is 0.700. The van der Waals surface area contributed by atoms with E-state index >= 15 is 0 Å². The fourth-order valence-electron chi connectivity index (χ4n) is 3.45. The number of amides is 2. The number of nitrogens with zero attached hydrogens (tertiary/aromatic N) is 3. The number of aromatic nitrogens is 2.